The molecule has 0 bridgehead atoms. The molecule has 0 saturated carbocycles. The average Bonchev–Trinajstić information content (AvgIpc) is 2.93. The highest BCUT2D eigenvalue weighted by Crippen LogP contribution is 2.44. The van der Waals surface area contributed by atoms with Crippen molar-refractivity contribution in [1.29, 1.82) is 0 Å². The molecule has 0 aliphatic carbocycles. The van der Waals surface area contributed by atoms with Crippen molar-refractivity contribution < 1.29 is 13.9 Å². The van der Waals surface area contributed by atoms with Crippen molar-refractivity contribution in [3.05, 3.63) is 35.6 Å². The number of methoxy groups -OCH3 is 2. The van der Waals surface area contributed by atoms with Gasteiger partial charge in [0.2, 0.25) is 0 Å². The third kappa shape index (κ3) is 4.59. The highest BCUT2D eigenvalue weighted by atomic mass is 19.1. The van der Waals surface area contributed by atoms with E-state index in [-0.39, 0.29) is 5.82 Å². The Labute approximate surface area is 150 Å². The Balaban J connectivity index is 1.58. The minimum absolute atomic E-state index is 0.143. The van der Waals surface area contributed by atoms with Crippen molar-refractivity contribution in [2.24, 2.45) is 11.3 Å². The Hall–Kier alpha value is -1.01. The van der Waals surface area contributed by atoms with Crippen LogP contribution in [0.4, 0.5) is 4.39 Å². The molecule has 0 radical (unpaired) electrons. The summed E-state index contributed by atoms with van der Waals surface area (Å²) in [6, 6.07) is 6.98. The van der Waals surface area contributed by atoms with E-state index in [1.54, 1.807) is 19.2 Å². The normalized spacial score (nSPS) is 24.2. The van der Waals surface area contributed by atoms with Crippen molar-refractivity contribution in [3.63, 3.8) is 0 Å². The van der Waals surface area contributed by atoms with E-state index in [9.17, 15) is 4.39 Å². The molecule has 3 rings (SSSR count). The molecule has 2 fully saturated rings. The molecular weight excluding hydrogens is 319 g/mol. The van der Waals surface area contributed by atoms with Crippen LogP contribution in [0.5, 0.6) is 0 Å². The van der Waals surface area contributed by atoms with Gasteiger partial charge in [-0.15, -0.1) is 0 Å². The van der Waals surface area contributed by atoms with Crippen LogP contribution in [-0.4, -0.2) is 70.0 Å². The fourth-order valence-electron chi connectivity index (χ4n) is 4.58. The van der Waals surface area contributed by atoms with E-state index < -0.39 is 0 Å². The van der Waals surface area contributed by atoms with Crippen LogP contribution >= 0.6 is 0 Å². The van der Waals surface area contributed by atoms with E-state index in [0.29, 0.717) is 11.3 Å². The topological polar surface area (TPSA) is 24.9 Å². The molecule has 1 aromatic rings. The van der Waals surface area contributed by atoms with Crippen LogP contribution in [0.25, 0.3) is 0 Å². The number of likely N-dealkylation sites (tertiary alicyclic amines) is 2. The van der Waals surface area contributed by atoms with E-state index in [1.807, 2.05) is 13.2 Å². The highest BCUT2D eigenvalue weighted by Gasteiger charge is 2.47. The summed E-state index contributed by atoms with van der Waals surface area (Å²) in [5.74, 6) is 0.460. The van der Waals surface area contributed by atoms with Crippen molar-refractivity contribution in [3.8, 4) is 0 Å². The maximum Gasteiger partial charge on any atom is 0.123 e. The van der Waals surface area contributed by atoms with Crippen LogP contribution in [-0.2, 0) is 16.0 Å². The lowest BCUT2D eigenvalue weighted by Crippen LogP contribution is -2.45. The van der Waals surface area contributed by atoms with Crippen molar-refractivity contribution >= 4 is 0 Å². The minimum atomic E-state index is -0.143. The van der Waals surface area contributed by atoms with Crippen LogP contribution in [0.15, 0.2) is 24.3 Å². The van der Waals surface area contributed by atoms with Gasteiger partial charge in [0.15, 0.2) is 0 Å². The lowest BCUT2D eigenvalue weighted by molar-refractivity contribution is 0.0348. The summed E-state index contributed by atoms with van der Waals surface area (Å²) in [5.41, 5.74) is 1.43. The van der Waals surface area contributed by atoms with Gasteiger partial charge in [-0.25, -0.2) is 4.39 Å². The Morgan fingerprint density at radius 1 is 1.16 bits per heavy atom. The predicted molar refractivity (Wildman–Crippen MR) is 97.0 cm³/mol. The predicted octanol–water partition coefficient (Wildman–Crippen LogP) is 2.63. The molecule has 0 N–H and O–H groups in total. The molecule has 2 aliphatic rings. The van der Waals surface area contributed by atoms with E-state index in [0.717, 1.165) is 58.0 Å². The standard InChI is InChI=1S/C20H31FN2O2/c1-24-11-10-23-14-18(15-25-2)20(16-23)6-8-22(9-7-20)13-17-4-3-5-19(21)12-17/h3-5,12,18H,6-11,13-16H2,1-2H3/t18-/m0/s1. The first kappa shape index (κ1) is 18.8. The highest BCUT2D eigenvalue weighted by molar-refractivity contribution is 5.16. The molecule has 5 heteroatoms. The van der Waals surface area contributed by atoms with Crippen molar-refractivity contribution in [2.75, 3.05) is 60.2 Å². The molecule has 2 aliphatic heterocycles. The minimum Gasteiger partial charge on any atom is -0.384 e. The van der Waals surface area contributed by atoms with Gasteiger partial charge in [-0.1, -0.05) is 12.1 Å². The van der Waals surface area contributed by atoms with E-state index in [2.05, 4.69) is 9.80 Å². The smallest absolute Gasteiger partial charge is 0.123 e. The summed E-state index contributed by atoms with van der Waals surface area (Å²) in [6.45, 7) is 7.90. The lowest BCUT2D eigenvalue weighted by atomic mass is 9.71. The number of hydrogen-bond acceptors (Lipinski definition) is 4. The van der Waals surface area contributed by atoms with Gasteiger partial charge in [0.25, 0.3) is 0 Å². The van der Waals surface area contributed by atoms with E-state index in [1.165, 1.54) is 18.9 Å². The van der Waals surface area contributed by atoms with Gasteiger partial charge in [0.05, 0.1) is 13.2 Å². The van der Waals surface area contributed by atoms with Gasteiger partial charge in [-0.05, 0) is 49.0 Å². The number of nitrogens with zero attached hydrogens (tertiary/aromatic N) is 2. The second kappa shape index (κ2) is 8.58. The number of hydrogen-bond donors (Lipinski definition) is 0. The molecule has 25 heavy (non-hydrogen) atoms. The number of ether oxygens (including phenoxy) is 2. The number of benzene rings is 1. The van der Waals surface area contributed by atoms with Gasteiger partial charge in [-0.2, -0.15) is 0 Å². The summed E-state index contributed by atoms with van der Waals surface area (Å²) in [4.78, 5) is 5.00. The fraction of sp³-hybridized carbons (Fsp3) is 0.700. The molecule has 140 valence electrons. The summed E-state index contributed by atoms with van der Waals surface area (Å²) < 4.78 is 24.2. The molecule has 1 atom stereocenters. The van der Waals surface area contributed by atoms with Crippen LogP contribution in [0.3, 0.4) is 0 Å². The largest absolute Gasteiger partial charge is 0.384 e. The molecule has 1 spiro atoms. The number of piperidine rings is 1. The molecule has 0 unspecified atom stereocenters. The molecule has 2 heterocycles. The molecule has 1 aromatic carbocycles. The van der Waals surface area contributed by atoms with Crippen molar-refractivity contribution in [1.82, 2.24) is 9.80 Å². The van der Waals surface area contributed by atoms with Crippen molar-refractivity contribution in [2.45, 2.75) is 19.4 Å². The molecule has 4 nitrogen and oxygen atoms in total. The van der Waals surface area contributed by atoms with Gasteiger partial charge >= 0.3 is 0 Å². The third-order valence-electron chi connectivity index (χ3n) is 6.01. The second-order valence-corrected chi connectivity index (χ2v) is 7.65. The molecule has 0 aromatic heterocycles. The maximum atomic E-state index is 13.4. The molecule has 0 amide bonds. The zero-order chi connectivity index (χ0) is 17.7. The second-order valence-electron chi connectivity index (χ2n) is 7.65. The summed E-state index contributed by atoms with van der Waals surface area (Å²) in [7, 11) is 3.58. The Morgan fingerprint density at radius 3 is 2.64 bits per heavy atom. The monoisotopic (exact) mass is 350 g/mol. The van der Waals surface area contributed by atoms with Crippen LogP contribution in [0.2, 0.25) is 0 Å². The Morgan fingerprint density at radius 2 is 1.96 bits per heavy atom. The van der Waals surface area contributed by atoms with Gasteiger partial charge < -0.3 is 14.4 Å². The lowest BCUT2D eigenvalue weighted by Gasteiger charge is -2.42. The van der Waals surface area contributed by atoms with Crippen LogP contribution in [0, 0.1) is 17.2 Å². The Bertz CT molecular complexity index is 546. The summed E-state index contributed by atoms with van der Waals surface area (Å²) >= 11 is 0. The summed E-state index contributed by atoms with van der Waals surface area (Å²) in [6.07, 6.45) is 2.39. The SMILES string of the molecule is COCCN1C[C@@H](COC)C2(CCN(Cc3cccc(F)c3)CC2)C1. The average molecular weight is 350 g/mol. The Kier molecular flexibility index (Phi) is 6.44. The van der Waals surface area contributed by atoms with Crippen LogP contribution in [0.1, 0.15) is 18.4 Å². The quantitative estimate of drug-likeness (QED) is 0.755. The number of rotatable bonds is 7. The van der Waals surface area contributed by atoms with Gasteiger partial charge in [0.1, 0.15) is 5.82 Å². The van der Waals surface area contributed by atoms with Crippen LogP contribution < -0.4 is 0 Å². The summed E-state index contributed by atoms with van der Waals surface area (Å²) in [5, 5.41) is 0. The van der Waals surface area contributed by atoms with Gasteiger partial charge in [0, 0.05) is 46.3 Å². The first-order valence-electron chi connectivity index (χ1n) is 9.32. The zero-order valence-corrected chi connectivity index (χ0v) is 15.5. The fourth-order valence-corrected chi connectivity index (χ4v) is 4.58. The first-order valence-corrected chi connectivity index (χ1v) is 9.32. The molecule has 2 saturated heterocycles. The van der Waals surface area contributed by atoms with E-state index in [4.69, 9.17) is 9.47 Å². The van der Waals surface area contributed by atoms with Gasteiger partial charge in [-0.3, -0.25) is 4.90 Å². The zero-order valence-electron chi connectivity index (χ0n) is 15.5. The van der Waals surface area contributed by atoms with E-state index >= 15 is 0 Å². The maximum absolute atomic E-state index is 13.4. The number of halogens is 1. The first-order chi connectivity index (χ1) is 12.1. The third-order valence-corrected chi connectivity index (χ3v) is 6.01. The molecular formula is C20H31FN2O2.